The van der Waals surface area contributed by atoms with Gasteiger partial charge in [0.15, 0.2) is 0 Å². The lowest BCUT2D eigenvalue weighted by atomic mass is 9.72. The summed E-state index contributed by atoms with van der Waals surface area (Å²) in [5.74, 6) is 2.57. The highest BCUT2D eigenvalue weighted by atomic mass is 16.5. The quantitative estimate of drug-likeness (QED) is 0.666. The molecule has 0 spiro atoms. The van der Waals surface area contributed by atoms with Crippen LogP contribution in [0.25, 0.3) is 0 Å². The summed E-state index contributed by atoms with van der Waals surface area (Å²) < 4.78 is 5.46. The Morgan fingerprint density at radius 2 is 2.27 bits per heavy atom. The maximum absolute atomic E-state index is 11.5. The maximum Gasteiger partial charge on any atom is 0.133 e. The van der Waals surface area contributed by atoms with Crippen LogP contribution in [0, 0.1) is 17.8 Å². The Kier molecular flexibility index (Phi) is 4.37. The number of carbonyl (C=O) groups is 1. The van der Waals surface area contributed by atoms with Crippen molar-refractivity contribution in [1.29, 1.82) is 0 Å². The molecule has 0 N–H and O–H groups in total. The third-order valence-corrected chi connectivity index (χ3v) is 3.32. The van der Waals surface area contributed by atoms with Crippen LogP contribution >= 0.6 is 0 Å². The van der Waals surface area contributed by atoms with Crippen LogP contribution in [0.4, 0.5) is 0 Å². The molecular weight excluding hydrogens is 188 g/mol. The van der Waals surface area contributed by atoms with E-state index in [9.17, 15) is 4.79 Å². The van der Waals surface area contributed by atoms with Crippen LogP contribution in [-0.2, 0) is 9.53 Å². The fourth-order valence-corrected chi connectivity index (χ4v) is 2.47. The van der Waals surface area contributed by atoms with Gasteiger partial charge in [-0.3, -0.25) is 4.79 Å². The number of hydrogen-bond acceptors (Lipinski definition) is 2. The third kappa shape index (κ3) is 3.08. The highest BCUT2D eigenvalue weighted by molar-refractivity contribution is 5.79. The lowest BCUT2D eigenvalue weighted by molar-refractivity contribution is -0.123. The Hall–Kier alpha value is -0.790. The summed E-state index contributed by atoms with van der Waals surface area (Å²) in [6.45, 7) is 11.0. The first-order valence-corrected chi connectivity index (χ1v) is 5.89. The van der Waals surface area contributed by atoms with Gasteiger partial charge in [-0.05, 0) is 25.2 Å². The van der Waals surface area contributed by atoms with Crippen molar-refractivity contribution in [2.24, 2.45) is 17.8 Å². The molecule has 2 unspecified atom stereocenters. The number of carbonyl (C=O) groups excluding carboxylic acids is 1. The molecule has 0 aromatic rings. The Morgan fingerprint density at radius 3 is 2.80 bits per heavy atom. The summed E-state index contributed by atoms with van der Waals surface area (Å²) in [5.41, 5.74) is 0. The van der Waals surface area contributed by atoms with E-state index in [2.05, 4.69) is 20.4 Å². The van der Waals surface area contributed by atoms with Gasteiger partial charge >= 0.3 is 0 Å². The zero-order valence-corrected chi connectivity index (χ0v) is 10.1. The summed E-state index contributed by atoms with van der Waals surface area (Å²) in [6, 6.07) is 0. The van der Waals surface area contributed by atoms with Gasteiger partial charge in [0, 0.05) is 18.8 Å². The predicted molar refractivity (Wildman–Crippen MR) is 61.4 cm³/mol. The Balaban J connectivity index is 2.69. The van der Waals surface area contributed by atoms with Gasteiger partial charge in [0.25, 0.3) is 0 Å². The molecule has 0 aromatic heterocycles. The van der Waals surface area contributed by atoms with Gasteiger partial charge in [0.05, 0.1) is 12.4 Å². The van der Waals surface area contributed by atoms with Crippen molar-refractivity contribution < 1.29 is 9.53 Å². The standard InChI is InChI=1S/C13H22O2/c1-5-15-10(4)13-8-11(14)6-7-12(13)9(2)3/h9,12-13H,4-8H2,1-3H3. The van der Waals surface area contributed by atoms with E-state index in [1.165, 1.54) is 0 Å². The normalized spacial score (nSPS) is 26.8. The summed E-state index contributed by atoms with van der Waals surface area (Å²) in [5, 5.41) is 0. The van der Waals surface area contributed by atoms with Crippen molar-refractivity contribution in [3.8, 4) is 0 Å². The van der Waals surface area contributed by atoms with E-state index in [1.54, 1.807) is 0 Å². The third-order valence-electron chi connectivity index (χ3n) is 3.32. The summed E-state index contributed by atoms with van der Waals surface area (Å²) in [6.07, 6.45) is 2.35. The first-order valence-electron chi connectivity index (χ1n) is 5.89. The Labute approximate surface area is 92.7 Å². The Bertz CT molecular complexity index is 243. The molecule has 2 atom stereocenters. The number of ketones is 1. The van der Waals surface area contributed by atoms with E-state index in [4.69, 9.17) is 4.74 Å². The van der Waals surface area contributed by atoms with Gasteiger partial charge in [0.1, 0.15) is 5.78 Å². The second-order valence-corrected chi connectivity index (χ2v) is 4.70. The minimum absolute atomic E-state index is 0.242. The molecule has 2 heteroatoms. The van der Waals surface area contributed by atoms with E-state index in [0.29, 0.717) is 30.6 Å². The molecule has 0 saturated heterocycles. The van der Waals surface area contributed by atoms with Crippen LogP contribution in [0.1, 0.15) is 40.0 Å². The number of hydrogen-bond donors (Lipinski definition) is 0. The number of Topliss-reactive ketones (excluding diaryl/α,β-unsaturated/α-hetero) is 1. The van der Waals surface area contributed by atoms with Gasteiger partial charge in [-0.1, -0.05) is 20.4 Å². The van der Waals surface area contributed by atoms with Gasteiger partial charge < -0.3 is 4.74 Å². The van der Waals surface area contributed by atoms with E-state index < -0.39 is 0 Å². The molecule has 1 rings (SSSR count). The van der Waals surface area contributed by atoms with Crippen LogP contribution < -0.4 is 0 Å². The van der Waals surface area contributed by atoms with Crippen LogP contribution in [0.3, 0.4) is 0 Å². The predicted octanol–water partition coefficient (Wildman–Crippen LogP) is 3.18. The number of ether oxygens (including phenoxy) is 1. The highest BCUT2D eigenvalue weighted by Crippen LogP contribution is 2.37. The van der Waals surface area contributed by atoms with E-state index in [-0.39, 0.29) is 5.92 Å². The average molecular weight is 210 g/mol. The topological polar surface area (TPSA) is 26.3 Å². The molecule has 2 nitrogen and oxygen atoms in total. The molecule has 86 valence electrons. The minimum Gasteiger partial charge on any atom is -0.499 e. The summed E-state index contributed by atoms with van der Waals surface area (Å²) in [7, 11) is 0. The molecule has 1 fully saturated rings. The van der Waals surface area contributed by atoms with Crippen molar-refractivity contribution in [3.05, 3.63) is 12.3 Å². The second kappa shape index (κ2) is 5.34. The minimum atomic E-state index is 0.242. The lowest BCUT2D eigenvalue weighted by Gasteiger charge is -2.34. The fourth-order valence-electron chi connectivity index (χ4n) is 2.47. The van der Waals surface area contributed by atoms with Gasteiger partial charge in [0.2, 0.25) is 0 Å². The largest absolute Gasteiger partial charge is 0.499 e. The number of allylic oxidation sites excluding steroid dienone is 1. The van der Waals surface area contributed by atoms with Crippen molar-refractivity contribution in [3.63, 3.8) is 0 Å². The van der Waals surface area contributed by atoms with Crippen molar-refractivity contribution in [2.75, 3.05) is 6.61 Å². The van der Waals surface area contributed by atoms with Crippen LogP contribution in [0.5, 0.6) is 0 Å². The second-order valence-electron chi connectivity index (χ2n) is 4.70. The SMILES string of the molecule is C=C(OCC)C1CC(=O)CCC1C(C)C. The lowest BCUT2D eigenvalue weighted by Crippen LogP contribution is -2.30. The van der Waals surface area contributed by atoms with E-state index in [1.807, 2.05) is 6.92 Å². The van der Waals surface area contributed by atoms with Crippen LogP contribution in [0.15, 0.2) is 12.3 Å². The van der Waals surface area contributed by atoms with Gasteiger partial charge in [-0.15, -0.1) is 0 Å². The molecule has 0 aliphatic heterocycles. The van der Waals surface area contributed by atoms with Crippen LogP contribution in [0.2, 0.25) is 0 Å². The smallest absolute Gasteiger partial charge is 0.133 e. The molecule has 0 amide bonds. The first kappa shape index (κ1) is 12.3. The summed E-state index contributed by atoms with van der Waals surface area (Å²) in [4.78, 5) is 11.5. The van der Waals surface area contributed by atoms with Crippen LogP contribution in [-0.4, -0.2) is 12.4 Å². The zero-order valence-electron chi connectivity index (χ0n) is 10.1. The van der Waals surface area contributed by atoms with Gasteiger partial charge in [-0.2, -0.15) is 0 Å². The highest BCUT2D eigenvalue weighted by Gasteiger charge is 2.33. The Morgan fingerprint density at radius 1 is 1.60 bits per heavy atom. The molecule has 0 bridgehead atoms. The van der Waals surface area contributed by atoms with E-state index in [0.717, 1.165) is 18.6 Å². The zero-order chi connectivity index (χ0) is 11.4. The molecule has 0 radical (unpaired) electrons. The monoisotopic (exact) mass is 210 g/mol. The molecular formula is C13H22O2. The van der Waals surface area contributed by atoms with Gasteiger partial charge in [-0.25, -0.2) is 0 Å². The number of rotatable bonds is 4. The molecule has 1 aliphatic carbocycles. The van der Waals surface area contributed by atoms with E-state index >= 15 is 0 Å². The summed E-state index contributed by atoms with van der Waals surface area (Å²) >= 11 is 0. The molecule has 0 heterocycles. The maximum atomic E-state index is 11.5. The molecule has 15 heavy (non-hydrogen) atoms. The van der Waals surface area contributed by atoms with Crippen molar-refractivity contribution >= 4 is 5.78 Å². The van der Waals surface area contributed by atoms with Crippen molar-refractivity contribution in [2.45, 2.75) is 40.0 Å². The molecule has 1 aliphatic rings. The van der Waals surface area contributed by atoms with Crippen molar-refractivity contribution in [1.82, 2.24) is 0 Å². The molecule has 1 saturated carbocycles. The average Bonchev–Trinajstić information content (AvgIpc) is 2.17. The fraction of sp³-hybridized carbons (Fsp3) is 0.769. The molecule has 0 aromatic carbocycles. The first-order chi connectivity index (χ1) is 7.06.